The summed E-state index contributed by atoms with van der Waals surface area (Å²) in [6.07, 6.45) is 0. The van der Waals surface area contributed by atoms with E-state index < -0.39 is 10.0 Å². The Balaban J connectivity index is 2.44. The highest BCUT2D eigenvalue weighted by Gasteiger charge is 2.32. The van der Waals surface area contributed by atoms with Crippen LogP contribution in [-0.2, 0) is 10.0 Å². The van der Waals surface area contributed by atoms with Gasteiger partial charge in [-0.05, 0) is 32.4 Å². The van der Waals surface area contributed by atoms with E-state index in [-0.39, 0.29) is 4.90 Å². The predicted molar refractivity (Wildman–Crippen MR) is 88.9 cm³/mol. The molecule has 6 nitrogen and oxygen atoms in total. The van der Waals surface area contributed by atoms with E-state index in [1.807, 2.05) is 20.8 Å². The molecule has 7 heteroatoms. The van der Waals surface area contributed by atoms with Gasteiger partial charge in [-0.3, -0.25) is 0 Å². The lowest BCUT2D eigenvalue weighted by Crippen LogP contribution is -3.12. The number of nitrogens with one attached hydrogen (secondary N) is 1. The van der Waals surface area contributed by atoms with Crippen molar-refractivity contribution >= 4 is 10.0 Å². The first-order valence-corrected chi connectivity index (χ1v) is 9.55. The topological polar surface area (TPSA) is 60.3 Å². The minimum absolute atomic E-state index is 0.202. The molecule has 23 heavy (non-hydrogen) atoms. The van der Waals surface area contributed by atoms with E-state index in [1.54, 1.807) is 16.4 Å². The average Bonchev–Trinajstić information content (AvgIpc) is 2.50. The summed E-state index contributed by atoms with van der Waals surface area (Å²) >= 11 is 0. The van der Waals surface area contributed by atoms with Gasteiger partial charge in [0.25, 0.3) is 0 Å². The molecule has 0 aliphatic carbocycles. The Morgan fingerprint density at radius 3 is 2.22 bits per heavy atom. The van der Waals surface area contributed by atoms with Crippen LogP contribution < -0.4 is 14.4 Å². The molecular formula is C16H27N2O4S+. The zero-order valence-electron chi connectivity index (χ0n) is 14.4. The summed E-state index contributed by atoms with van der Waals surface area (Å²) in [5.74, 6) is 0.994. The Hall–Kier alpha value is -1.31. The van der Waals surface area contributed by atoms with Crippen LogP contribution in [0.1, 0.15) is 19.4 Å². The van der Waals surface area contributed by atoms with Crippen LogP contribution in [-0.4, -0.2) is 59.2 Å². The Bertz CT molecular complexity index is 638. The lowest BCUT2D eigenvalue weighted by atomic mass is 10.2. The Labute approximate surface area is 139 Å². The zero-order valence-corrected chi connectivity index (χ0v) is 15.2. The number of aryl methyl sites for hydroxylation is 1. The SMILES string of the molecule is CCOc1cc(S(=O)(=O)N2CC[NH+](C)CC2)c(OCC)cc1C. The van der Waals surface area contributed by atoms with Gasteiger partial charge >= 0.3 is 0 Å². The van der Waals surface area contributed by atoms with Crippen LogP contribution in [0.2, 0.25) is 0 Å². The average molecular weight is 343 g/mol. The summed E-state index contributed by atoms with van der Waals surface area (Å²) < 4.78 is 38.8. The minimum atomic E-state index is -3.58. The van der Waals surface area contributed by atoms with Crippen LogP contribution in [0.4, 0.5) is 0 Å². The van der Waals surface area contributed by atoms with Gasteiger partial charge in [-0.15, -0.1) is 0 Å². The van der Waals surface area contributed by atoms with Crippen molar-refractivity contribution in [3.05, 3.63) is 17.7 Å². The van der Waals surface area contributed by atoms with Crippen molar-refractivity contribution in [3.8, 4) is 11.5 Å². The Kier molecular flexibility index (Phi) is 5.89. The Morgan fingerprint density at radius 2 is 1.65 bits per heavy atom. The molecule has 0 atom stereocenters. The minimum Gasteiger partial charge on any atom is -0.494 e. The first-order valence-electron chi connectivity index (χ1n) is 8.11. The molecule has 0 unspecified atom stereocenters. The molecule has 1 aliphatic heterocycles. The quantitative estimate of drug-likeness (QED) is 0.808. The van der Waals surface area contributed by atoms with Crippen LogP contribution in [0.5, 0.6) is 11.5 Å². The second kappa shape index (κ2) is 7.51. The third kappa shape index (κ3) is 3.97. The van der Waals surface area contributed by atoms with E-state index in [1.165, 1.54) is 4.90 Å². The fraction of sp³-hybridized carbons (Fsp3) is 0.625. The summed E-state index contributed by atoms with van der Waals surface area (Å²) in [4.78, 5) is 1.55. The van der Waals surface area contributed by atoms with Gasteiger partial charge < -0.3 is 14.4 Å². The number of ether oxygens (including phenoxy) is 2. The number of rotatable bonds is 6. The van der Waals surface area contributed by atoms with E-state index in [4.69, 9.17) is 9.47 Å². The van der Waals surface area contributed by atoms with Gasteiger partial charge in [0.2, 0.25) is 10.0 Å². The first-order chi connectivity index (χ1) is 10.9. The van der Waals surface area contributed by atoms with Crippen LogP contribution in [0.25, 0.3) is 0 Å². The number of hydrogen-bond acceptors (Lipinski definition) is 4. The van der Waals surface area contributed by atoms with Crippen LogP contribution in [0, 0.1) is 6.92 Å². The third-order valence-electron chi connectivity index (χ3n) is 4.03. The number of piperazine rings is 1. The first kappa shape index (κ1) is 18.0. The molecule has 0 saturated carbocycles. The molecule has 1 aromatic rings. The number of benzene rings is 1. The van der Waals surface area contributed by atoms with E-state index in [2.05, 4.69) is 7.05 Å². The smallest absolute Gasteiger partial charge is 0.247 e. The van der Waals surface area contributed by atoms with Gasteiger partial charge in [0.1, 0.15) is 16.4 Å². The molecule has 1 aromatic carbocycles. The number of likely N-dealkylation sites (N-methyl/N-ethyl adjacent to an activating group) is 1. The van der Waals surface area contributed by atoms with Crippen molar-refractivity contribution in [2.24, 2.45) is 0 Å². The molecular weight excluding hydrogens is 316 g/mol. The molecule has 0 aromatic heterocycles. The molecule has 130 valence electrons. The number of sulfonamides is 1. The molecule has 0 amide bonds. The second-order valence-electron chi connectivity index (χ2n) is 5.79. The molecule has 0 spiro atoms. The number of quaternary nitrogens is 1. The maximum absolute atomic E-state index is 13.0. The third-order valence-corrected chi connectivity index (χ3v) is 5.95. The highest BCUT2D eigenvalue weighted by atomic mass is 32.2. The van der Waals surface area contributed by atoms with Gasteiger partial charge in [0.15, 0.2) is 0 Å². The largest absolute Gasteiger partial charge is 0.494 e. The van der Waals surface area contributed by atoms with Crippen LogP contribution in [0.3, 0.4) is 0 Å². The number of nitrogens with zero attached hydrogens (tertiary/aromatic N) is 1. The summed E-state index contributed by atoms with van der Waals surface area (Å²) in [7, 11) is -1.50. The highest BCUT2D eigenvalue weighted by molar-refractivity contribution is 7.89. The summed E-state index contributed by atoms with van der Waals surface area (Å²) in [5.41, 5.74) is 0.872. The van der Waals surface area contributed by atoms with Gasteiger partial charge in [-0.1, -0.05) is 0 Å². The Morgan fingerprint density at radius 1 is 1.09 bits per heavy atom. The fourth-order valence-electron chi connectivity index (χ4n) is 2.67. The van der Waals surface area contributed by atoms with Crippen molar-refractivity contribution in [3.63, 3.8) is 0 Å². The van der Waals surface area contributed by atoms with Gasteiger partial charge in [-0.2, -0.15) is 4.31 Å². The van der Waals surface area contributed by atoms with Gasteiger partial charge in [0, 0.05) is 6.07 Å². The molecule has 1 saturated heterocycles. The van der Waals surface area contributed by atoms with Crippen molar-refractivity contribution < 1.29 is 22.8 Å². The highest BCUT2D eigenvalue weighted by Crippen LogP contribution is 2.33. The van der Waals surface area contributed by atoms with E-state index >= 15 is 0 Å². The lowest BCUT2D eigenvalue weighted by molar-refractivity contribution is -0.883. The molecule has 2 rings (SSSR count). The molecule has 1 fully saturated rings. The molecule has 1 aliphatic rings. The summed E-state index contributed by atoms with van der Waals surface area (Å²) in [6, 6.07) is 3.35. The number of hydrogen-bond donors (Lipinski definition) is 1. The second-order valence-corrected chi connectivity index (χ2v) is 7.70. The van der Waals surface area contributed by atoms with Crippen molar-refractivity contribution in [1.82, 2.24) is 4.31 Å². The van der Waals surface area contributed by atoms with Crippen LogP contribution >= 0.6 is 0 Å². The monoisotopic (exact) mass is 343 g/mol. The molecule has 1 heterocycles. The fourth-order valence-corrected chi connectivity index (χ4v) is 4.24. The summed E-state index contributed by atoms with van der Waals surface area (Å²) in [5, 5.41) is 0. The van der Waals surface area contributed by atoms with E-state index in [0.29, 0.717) is 37.8 Å². The maximum atomic E-state index is 13.0. The van der Waals surface area contributed by atoms with E-state index in [0.717, 1.165) is 18.7 Å². The standard InChI is InChI=1S/C16H26N2O4S/c1-5-21-14-12-16(15(22-6-2)11-13(14)3)23(19,20)18-9-7-17(4)8-10-18/h11-12H,5-10H2,1-4H3/p+1. The normalized spacial score (nSPS) is 17.2. The predicted octanol–water partition coefficient (Wildman–Crippen LogP) is 0.311. The van der Waals surface area contributed by atoms with Gasteiger partial charge in [-0.25, -0.2) is 8.42 Å². The van der Waals surface area contributed by atoms with Gasteiger partial charge in [0.05, 0.1) is 46.4 Å². The van der Waals surface area contributed by atoms with Crippen LogP contribution in [0.15, 0.2) is 17.0 Å². The van der Waals surface area contributed by atoms with Crippen molar-refractivity contribution in [2.45, 2.75) is 25.7 Å². The molecule has 1 N–H and O–H groups in total. The molecule has 0 radical (unpaired) electrons. The lowest BCUT2D eigenvalue weighted by Gasteiger charge is -2.30. The summed E-state index contributed by atoms with van der Waals surface area (Å²) in [6.45, 7) is 9.21. The van der Waals surface area contributed by atoms with Crippen molar-refractivity contribution in [2.75, 3.05) is 46.4 Å². The van der Waals surface area contributed by atoms with Crippen molar-refractivity contribution in [1.29, 1.82) is 0 Å². The van der Waals surface area contributed by atoms with E-state index in [9.17, 15) is 8.42 Å². The molecule has 0 bridgehead atoms. The maximum Gasteiger partial charge on any atom is 0.247 e. The zero-order chi connectivity index (χ0) is 17.0.